The van der Waals surface area contributed by atoms with E-state index in [1.807, 2.05) is 29.0 Å². The van der Waals surface area contributed by atoms with Crippen LogP contribution in [0.4, 0.5) is 0 Å². The number of nitrogens with zero attached hydrogens (tertiary/aromatic N) is 2. The number of aromatic nitrogens is 2. The lowest BCUT2D eigenvalue weighted by Crippen LogP contribution is -2.25. The summed E-state index contributed by atoms with van der Waals surface area (Å²) in [5.41, 5.74) is 1.74. The number of carboxylic acid groups (broad SMARTS) is 1. The number of carboxylic acids is 1. The van der Waals surface area contributed by atoms with Crippen LogP contribution in [0.15, 0.2) is 24.4 Å². The standard InChI is InChI=1S/C16H18N2O4/c1-21-13-4-3-10(7-14(13)22-2)12-9-18-6-5-11(16(19)20)8-15(18)17-12/h3-4,7,9,11H,5-6,8H2,1-2H3,(H,19,20). The van der Waals surface area contributed by atoms with E-state index in [4.69, 9.17) is 14.6 Å². The van der Waals surface area contributed by atoms with Crippen LogP contribution < -0.4 is 9.47 Å². The van der Waals surface area contributed by atoms with Crippen LogP contribution in [0, 0.1) is 5.92 Å². The number of imidazole rings is 1. The van der Waals surface area contributed by atoms with Crippen LogP contribution in [-0.2, 0) is 17.8 Å². The molecule has 1 aliphatic rings. The van der Waals surface area contributed by atoms with E-state index in [-0.39, 0.29) is 5.92 Å². The summed E-state index contributed by atoms with van der Waals surface area (Å²) in [7, 11) is 3.19. The maximum absolute atomic E-state index is 11.1. The van der Waals surface area contributed by atoms with Gasteiger partial charge in [0.05, 0.1) is 25.8 Å². The van der Waals surface area contributed by atoms with Crippen LogP contribution in [0.3, 0.4) is 0 Å². The number of carbonyl (C=O) groups is 1. The molecule has 6 heteroatoms. The second kappa shape index (κ2) is 5.71. The lowest BCUT2D eigenvalue weighted by atomic mass is 9.98. The molecule has 116 valence electrons. The number of hydrogen-bond acceptors (Lipinski definition) is 4. The average molecular weight is 302 g/mol. The summed E-state index contributed by atoms with van der Waals surface area (Å²) < 4.78 is 12.6. The molecule has 1 unspecified atom stereocenters. The monoisotopic (exact) mass is 302 g/mol. The zero-order valence-electron chi connectivity index (χ0n) is 12.6. The van der Waals surface area contributed by atoms with Crippen molar-refractivity contribution in [2.24, 2.45) is 5.92 Å². The molecule has 2 aromatic rings. The van der Waals surface area contributed by atoms with Gasteiger partial charge in [-0.2, -0.15) is 0 Å². The minimum Gasteiger partial charge on any atom is -0.493 e. The number of hydrogen-bond donors (Lipinski definition) is 1. The van der Waals surface area contributed by atoms with Gasteiger partial charge < -0.3 is 19.1 Å². The van der Waals surface area contributed by atoms with Crippen molar-refractivity contribution in [3.05, 3.63) is 30.2 Å². The van der Waals surface area contributed by atoms with Gasteiger partial charge in [-0.1, -0.05) is 0 Å². The lowest BCUT2D eigenvalue weighted by molar-refractivity contribution is -0.142. The van der Waals surface area contributed by atoms with Gasteiger partial charge in [-0.05, 0) is 24.6 Å². The van der Waals surface area contributed by atoms with Crippen molar-refractivity contribution in [3.8, 4) is 22.8 Å². The minimum atomic E-state index is -0.748. The van der Waals surface area contributed by atoms with Crippen molar-refractivity contribution in [1.29, 1.82) is 0 Å². The molecule has 2 heterocycles. The van der Waals surface area contributed by atoms with Crippen molar-refractivity contribution in [2.45, 2.75) is 19.4 Å². The molecule has 0 aliphatic carbocycles. The fourth-order valence-corrected chi connectivity index (χ4v) is 2.77. The molecule has 0 saturated carbocycles. The van der Waals surface area contributed by atoms with Crippen LogP contribution in [0.5, 0.6) is 11.5 Å². The second-order valence-corrected chi connectivity index (χ2v) is 5.33. The van der Waals surface area contributed by atoms with Gasteiger partial charge in [-0.25, -0.2) is 4.98 Å². The number of aryl methyl sites for hydroxylation is 1. The molecule has 1 aromatic heterocycles. The fourth-order valence-electron chi connectivity index (χ4n) is 2.77. The summed E-state index contributed by atoms with van der Waals surface area (Å²) in [4.78, 5) is 15.7. The van der Waals surface area contributed by atoms with E-state index < -0.39 is 5.97 Å². The summed E-state index contributed by atoms with van der Waals surface area (Å²) in [6, 6.07) is 5.64. The Morgan fingerprint density at radius 2 is 2.09 bits per heavy atom. The SMILES string of the molecule is COc1ccc(-c2cn3c(n2)CC(C(=O)O)CC3)cc1OC. The first-order valence-corrected chi connectivity index (χ1v) is 7.13. The van der Waals surface area contributed by atoms with E-state index in [2.05, 4.69) is 4.98 Å². The Labute approximate surface area is 128 Å². The molecule has 1 aromatic carbocycles. The fraction of sp³-hybridized carbons (Fsp3) is 0.375. The highest BCUT2D eigenvalue weighted by Gasteiger charge is 2.26. The third kappa shape index (κ3) is 2.52. The van der Waals surface area contributed by atoms with E-state index in [0.717, 1.165) is 17.1 Å². The summed E-state index contributed by atoms with van der Waals surface area (Å²) in [6.45, 7) is 0.687. The average Bonchev–Trinajstić information content (AvgIpc) is 2.97. The first kappa shape index (κ1) is 14.4. The summed E-state index contributed by atoms with van der Waals surface area (Å²) in [6.07, 6.45) is 3.08. The topological polar surface area (TPSA) is 73.6 Å². The molecule has 0 spiro atoms. The van der Waals surface area contributed by atoms with Gasteiger partial charge in [-0.15, -0.1) is 0 Å². The first-order valence-electron chi connectivity index (χ1n) is 7.13. The highest BCUT2D eigenvalue weighted by Crippen LogP contribution is 2.33. The molecule has 0 bridgehead atoms. The molecular weight excluding hydrogens is 284 g/mol. The second-order valence-electron chi connectivity index (χ2n) is 5.33. The molecular formula is C16H18N2O4. The Hall–Kier alpha value is -2.50. The van der Waals surface area contributed by atoms with Gasteiger partial charge in [0.2, 0.25) is 0 Å². The zero-order valence-corrected chi connectivity index (χ0v) is 12.6. The molecule has 1 aliphatic heterocycles. The highest BCUT2D eigenvalue weighted by atomic mass is 16.5. The number of benzene rings is 1. The Morgan fingerprint density at radius 1 is 1.32 bits per heavy atom. The van der Waals surface area contributed by atoms with Crippen LogP contribution in [0.1, 0.15) is 12.2 Å². The Morgan fingerprint density at radius 3 is 2.77 bits per heavy atom. The van der Waals surface area contributed by atoms with E-state index in [9.17, 15) is 4.79 Å². The molecule has 1 N–H and O–H groups in total. The molecule has 0 saturated heterocycles. The Bertz CT molecular complexity index is 708. The molecule has 1 atom stereocenters. The van der Waals surface area contributed by atoms with Gasteiger partial charge in [0.15, 0.2) is 11.5 Å². The largest absolute Gasteiger partial charge is 0.493 e. The lowest BCUT2D eigenvalue weighted by Gasteiger charge is -2.19. The molecule has 0 fully saturated rings. The quantitative estimate of drug-likeness (QED) is 0.937. The van der Waals surface area contributed by atoms with Gasteiger partial charge >= 0.3 is 5.97 Å². The van der Waals surface area contributed by atoms with Gasteiger partial charge in [-0.3, -0.25) is 4.79 Å². The predicted octanol–water partition coefficient (Wildman–Crippen LogP) is 2.21. The third-order valence-electron chi connectivity index (χ3n) is 4.04. The van der Waals surface area contributed by atoms with Crippen LogP contribution in [0.2, 0.25) is 0 Å². The number of rotatable bonds is 4. The number of ether oxygens (including phenoxy) is 2. The van der Waals surface area contributed by atoms with Crippen molar-refractivity contribution < 1.29 is 19.4 Å². The molecule has 3 rings (SSSR count). The van der Waals surface area contributed by atoms with E-state index in [1.165, 1.54) is 0 Å². The van der Waals surface area contributed by atoms with Crippen molar-refractivity contribution >= 4 is 5.97 Å². The number of methoxy groups -OCH3 is 2. The maximum atomic E-state index is 11.1. The first-order chi connectivity index (χ1) is 10.6. The summed E-state index contributed by atoms with van der Waals surface area (Å²) in [5.74, 6) is 1.05. The third-order valence-corrected chi connectivity index (χ3v) is 4.04. The van der Waals surface area contributed by atoms with Gasteiger partial charge in [0.1, 0.15) is 5.82 Å². The van der Waals surface area contributed by atoms with E-state index in [1.54, 1.807) is 14.2 Å². The van der Waals surface area contributed by atoms with Crippen molar-refractivity contribution in [2.75, 3.05) is 14.2 Å². The van der Waals surface area contributed by atoms with Crippen LogP contribution >= 0.6 is 0 Å². The molecule has 0 radical (unpaired) electrons. The smallest absolute Gasteiger partial charge is 0.307 e. The van der Waals surface area contributed by atoms with Crippen LogP contribution in [0.25, 0.3) is 11.3 Å². The van der Waals surface area contributed by atoms with E-state index >= 15 is 0 Å². The van der Waals surface area contributed by atoms with Gasteiger partial charge in [0, 0.05) is 24.7 Å². The molecule has 6 nitrogen and oxygen atoms in total. The van der Waals surface area contributed by atoms with Crippen molar-refractivity contribution in [3.63, 3.8) is 0 Å². The molecule has 0 amide bonds. The van der Waals surface area contributed by atoms with E-state index in [0.29, 0.717) is 30.9 Å². The highest BCUT2D eigenvalue weighted by molar-refractivity contribution is 5.70. The zero-order chi connectivity index (χ0) is 15.7. The summed E-state index contributed by atoms with van der Waals surface area (Å²) >= 11 is 0. The maximum Gasteiger partial charge on any atom is 0.307 e. The number of aliphatic carboxylic acids is 1. The Kier molecular flexibility index (Phi) is 3.75. The van der Waals surface area contributed by atoms with Crippen LogP contribution in [-0.4, -0.2) is 34.8 Å². The number of fused-ring (bicyclic) bond motifs is 1. The predicted molar refractivity (Wildman–Crippen MR) is 80.2 cm³/mol. The van der Waals surface area contributed by atoms with Gasteiger partial charge in [0.25, 0.3) is 0 Å². The Balaban J connectivity index is 1.93. The molecule has 22 heavy (non-hydrogen) atoms. The normalized spacial score (nSPS) is 16.9. The van der Waals surface area contributed by atoms with Crippen molar-refractivity contribution in [1.82, 2.24) is 9.55 Å². The minimum absolute atomic E-state index is 0.340. The summed E-state index contributed by atoms with van der Waals surface area (Å²) in [5, 5.41) is 9.15.